The van der Waals surface area contributed by atoms with Crippen molar-refractivity contribution in [1.29, 1.82) is 0 Å². The van der Waals surface area contributed by atoms with Crippen LogP contribution in [0.25, 0.3) is 0 Å². The number of carbonyl (C=O) groups excluding carboxylic acids is 1. The maximum atomic E-state index is 12.3. The van der Waals surface area contributed by atoms with Crippen LogP contribution in [0.3, 0.4) is 0 Å². The summed E-state index contributed by atoms with van der Waals surface area (Å²) in [5, 5.41) is 3.85. The zero-order valence-corrected chi connectivity index (χ0v) is 15.2. The Hall–Kier alpha value is -1.85. The van der Waals surface area contributed by atoms with Crippen LogP contribution in [-0.4, -0.2) is 40.0 Å². The van der Waals surface area contributed by atoms with E-state index >= 15 is 0 Å². The SMILES string of the molecule is O=C(NCCCn1ccnc1)C1CCN(Cc2ccc(Cl)cc2)CC1. The Kier molecular flexibility index (Phi) is 6.48. The Labute approximate surface area is 154 Å². The lowest BCUT2D eigenvalue weighted by Gasteiger charge is -2.31. The van der Waals surface area contributed by atoms with Gasteiger partial charge in [0, 0.05) is 43.0 Å². The fraction of sp³-hybridized carbons (Fsp3) is 0.474. The largest absolute Gasteiger partial charge is 0.356 e. The van der Waals surface area contributed by atoms with Gasteiger partial charge < -0.3 is 9.88 Å². The normalized spacial score (nSPS) is 16.0. The minimum atomic E-state index is 0.148. The lowest BCUT2D eigenvalue weighted by atomic mass is 9.95. The number of hydrogen-bond donors (Lipinski definition) is 1. The van der Waals surface area contributed by atoms with E-state index in [0.717, 1.165) is 57.0 Å². The molecule has 0 radical (unpaired) electrons. The molecule has 0 saturated carbocycles. The minimum Gasteiger partial charge on any atom is -0.356 e. The van der Waals surface area contributed by atoms with Crippen molar-refractivity contribution < 1.29 is 4.79 Å². The molecule has 25 heavy (non-hydrogen) atoms. The van der Waals surface area contributed by atoms with Crippen LogP contribution in [0.1, 0.15) is 24.8 Å². The van der Waals surface area contributed by atoms with Gasteiger partial charge in [0.1, 0.15) is 0 Å². The van der Waals surface area contributed by atoms with Gasteiger partial charge in [-0.25, -0.2) is 4.98 Å². The minimum absolute atomic E-state index is 0.148. The van der Waals surface area contributed by atoms with Crippen LogP contribution in [0.15, 0.2) is 43.0 Å². The molecular weight excluding hydrogens is 336 g/mol. The van der Waals surface area contributed by atoms with Crippen LogP contribution < -0.4 is 5.32 Å². The summed E-state index contributed by atoms with van der Waals surface area (Å²) in [5.74, 6) is 0.353. The van der Waals surface area contributed by atoms with Crippen molar-refractivity contribution in [3.05, 3.63) is 53.6 Å². The summed E-state index contributed by atoms with van der Waals surface area (Å²) in [6.45, 7) is 4.48. The van der Waals surface area contributed by atoms with Gasteiger partial charge in [0.15, 0.2) is 0 Å². The molecule has 1 fully saturated rings. The molecule has 1 aliphatic heterocycles. The number of carbonyl (C=O) groups is 1. The van der Waals surface area contributed by atoms with E-state index < -0.39 is 0 Å². The maximum absolute atomic E-state index is 12.3. The van der Waals surface area contributed by atoms with E-state index in [2.05, 4.69) is 27.3 Å². The summed E-state index contributed by atoms with van der Waals surface area (Å²) >= 11 is 5.93. The van der Waals surface area contributed by atoms with Gasteiger partial charge in [-0.15, -0.1) is 0 Å². The number of benzene rings is 1. The second-order valence-electron chi connectivity index (χ2n) is 6.62. The van der Waals surface area contributed by atoms with Gasteiger partial charge in [0.05, 0.1) is 6.33 Å². The van der Waals surface area contributed by atoms with Gasteiger partial charge in [0.25, 0.3) is 0 Å². The van der Waals surface area contributed by atoms with Gasteiger partial charge in [-0.2, -0.15) is 0 Å². The summed E-state index contributed by atoms with van der Waals surface area (Å²) in [6, 6.07) is 8.00. The number of imidazole rings is 1. The number of rotatable bonds is 7. The predicted molar refractivity (Wildman–Crippen MR) is 99.3 cm³/mol. The molecule has 1 aliphatic rings. The van der Waals surface area contributed by atoms with Gasteiger partial charge in [0.2, 0.25) is 5.91 Å². The maximum Gasteiger partial charge on any atom is 0.223 e. The third-order valence-corrected chi connectivity index (χ3v) is 4.98. The molecular formula is C19H25ClN4O. The first-order chi connectivity index (χ1) is 12.2. The Balaban J connectivity index is 1.33. The highest BCUT2D eigenvalue weighted by Gasteiger charge is 2.24. The highest BCUT2D eigenvalue weighted by Crippen LogP contribution is 2.20. The first kappa shape index (κ1) is 18.0. The van der Waals surface area contributed by atoms with Crippen molar-refractivity contribution in [2.45, 2.75) is 32.4 Å². The van der Waals surface area contributed by atoms with Crippen LogP contribution in [0, 0.1) is 5.92 Å². The lowest BCUT2D eigenvalue weighted by molar-refractivity contribution is -0.126. The number of amides is 1. The highest BCUT2D eigenvalue weighted by atomic mass is 35.5. The standard InChI is InChI=1S/C19H25ClN4O/c20-18-4-2-16(3-5-18)14-23-11-6-17(7-12-23)19(25)22-8-1-10-24-13-9-21-15-24/h2-5,9,13,15,17H,1,6-8,10-12,14H2,(H,22,25). The third kappa shape index (κ3) is 5.58. The van der Waals surface area contributed by atoms with E-state index in [9.17, 15) is 4.79 Å². The van der Waals surface area contributed by atoms with Crippen LogP contribution in [0.4, 0.5) is 0 Å². The molecule has 1 aromatic carbocycles. The van der Waals surface area contributed by atoms with Gasteiger partial charge >= 0.3 is 0 Å². The number of likely N-dealkylation sites (tertiary alicyclic amines) is 1. The zero-order valence-electron chi connectivity index (χ0n) is 14.4. The predicted octanol–water partition coefficient (Wildman–Crippen LogP) is 2.96. The van der Waals surface area contributed by atoms with Crippen molar-refractivity contribution in [3.63, 3.8) is 0 Å². The molecule has 134 valence electrons. The highest BCUT2D eigenvalue weighted by molar-refractivity contribution is 6.30. The quantitative estimate of drug-likeness (QED) is 0.772. The molecule has 0 unspecified atom stereocenters. The molecule has 3 rings (SSSR count). The number of nitrogens with one attached hydrogen (secondary N) is 1. The Morgan fingerprint density at radius 1 is 1.24 bits per heavy atom. The smallest absolute Gasteiger partial charge is 0.223 e. The second-order valence-corrected chi connectivity index (χ2v) is 7.06. The summed E-state index contributed by atoms with van der Waals surface area (Å²) in [5.41, 5.74) is 1.27. The van der Waals surface area contributed by atoms with E-state index in [1.807, 2.05) is 22.9 Å². The van der Waals surface area contributed by atoms with Crippen LogP contribution in [0.5, 0.6) is 0 Å². The summed E-state index contributed by atoms with van der Waals surface area (Å²) in [6.07, 6.45) is 8.31. The van der Waals surface area contributed by atoms with E-state index in [1.54, 1.807) is 12.5 Å². The van der Waals surface area contributed by atoms with Crippen LogP contribution in [0.2, 0.25) is 5.02 Å². The first-order valence-electron chi connectivity index (χ1n) is 8.91. The van der Waals surface area contributed by atoms with Crippen molar-refractivity contribution in [2.24, 2.45) is 5.92 Å². The molecule has 0 aliphatic carbocycles. The summed E-state index contributed by atoms with van der Waals surface area (Å²) in [4.78, 5) is 18.7. The average Bonchev–Trinajstić information content (AvgIpc) is 3.15. The Morgan fingerprint density at radius 2 is 2.00 bits per heavy atom. The summed E-state index contributed by atoms with van der Waals surface area (Å²) in [7, 11) is 0. The van der Waals surface area contributed by atoms with E-state index in [4.69, 9.17) is 11.6 Å². The first-order valence-corrected chi connectivity index (χ1v) is 9.29. The van der Waals surface area contributed by atoms with Crippen molar-refractivity contribution >= 4 is 17.5 Å². The molecule has 1 N–H and O–H groups in total. The van der Waals surface area contributed by atoms with E-state index in [-0.39, 0.29) is 11.8 Å². The van der Waals surface area contributed by atoms with Crippen molar-refractivity contribution in [1.82, 2.24) is 19.8 Å². The van der Waals surface area contributed by atoms with Crippen LogP contribution in [-0.2, 0) is 17.9 Å². The Bertz CT molecular complexity index is 649. The van der Waals surface area contributed by atoms with Crippen LogP contribution >= 0.6 is 11.6 Å². The number of halogens is 1. The molecule has 5 nitrogen and oxygen atoms in total. The lowest BCUT2D eigenvalue weighted by Crippen LogP contribution is -2.40. The van der Waals surface area contributed by atoms with Gasteiger partial charge in [-0.1, -0.05) is 23.7 Å². The molecule has 2 aromatic rings. The van der Waals surface area contributed by atoms with Crippen molar-refractivity contribution in [3.8, 4) is 0 Å². The van der Waals surface area contributed by atoms with Crippen molar-refractivity contribution in [2.75, 3.05) is 19.6 Å². The molecule has 0 atom stereocenters. The summed E-state index contributed by atoms with van der Waals surface area (Å²) < 4.78 is 2.03. The average molecular weight is 361 g/mol. The molecule has 6 heteroatoms. The number of piperidine rings is 1. The monoisotopic (exact) mass is 360 g/mol. The Morgan fingerprint density at radius 3 is 2.68 bits per heavy atom. The molecule has 1 amide bonds. The zero-order chi connectivity index (χ0) is 17.5. The molecule has 0 bridgehead atoms. The molecule has 1 saturated heterocycles. The molecule has 1 aromatic heterocycles. The number of hydrogen-bond acceptors (Lipinski definition) is 3. The number of aromatic nitrogens is 2. The van der Waals surface area contributed by atoms with E-state index in [0.29, 0.717) is 0 Å². The number of aryl methyl sites for hydroxylation is 1. The third-order valence-electron chi connectivity index (χ3n) is 4.73. The molecule has 2 heterocycles. The fourth-order valence-electron chi connectivity index (χ4n) is 3.24. The second kappa shape index (κ2) is 9.02. The van der Waals surface area contributed by atoms with Gasteiger partial charge in [-0.05, 0) is 50.0 Å². The molecule has 0 spiro atoms. The van der Waals surface area contributed by atoms with E-state index in [1.165, 1.54) is 5.56 Å². The fourth-order valence-corrected chi connectivity index (χ4v) is 3.36. The topological polar surface area (TPSA) is 50.2 Å². The van der Waals surface area contributed by atoms with Gasteiger partial charge in [-0.3, -0.25) is 9.69 Å². The number of nitrogens with zero attached hydrogens (tertiary/aromatic N) is 3.